The highest BCUT2D eigenvalue weighted by atomic mass is 19.4. The molecule has 3 N–H and O–H groups in total. The average molecular weight is 599 g/mol. The summed E-state index contributed by atoms with van der Waals surface area (Å²) < 4.78 is 61.2. The number of hydrogen-bond donors (Lipinski definition) is 3. The Kier molecular flexibility index (Phi) is 8.64. The molecule has 0 saturated carbocycles. The number of piperazine rings is 1. The van der Waals surface area contributed by atoms with Crippen molar-refractivity contribution >= 4 is 34.3 Å². The molecule has 1 fully saturated rings. The highest BCUT2D eigenvalue weighted by Crippen LogP contribution is 2.34. The number of carbonyl (C=O) groups is 2. The summed E-state index contributed by atoms with van der Waals surface area (Å²) in [5, 5.41) is 6.26. The normalized spacial score (nSPS) is 14.6. The van der Waals surface area contributed by atoms with E-state index in [2.05, 4.69) is 25.5 Å². The number of methoxy groups -OCH3 is 1. The maximum atomic E-state index is 14.6. The van der Waals surface area contributed by atoms with E-state index >= 15 is 0 Å². The van der Waals surface area contributed by atoms with Gasteiger partial charge in [-0.1, -0.05) is 6.07 Å². The number of fused-ring (bicyclic) bond motifs is 1. The molecule has 13 heteroatoms. The number of aromatic amines is 1. The summed E-state index contributed by atoms with van der Waals surface area (Å²) in [4.78, 5) is 35.9. The van der Waals surface area contributed by atoms with Crippen molar-refractivity contribution in [1.82, 2.24) is 19.8 Å². The Balaban J connectivity index is 1.27. The number of pyridine rings is 1. The molecule has 0 aliphatic carbocycles. The standard InChI is InChI=1S/C30H30F4N6O3/c1-39-7-9-40(10-8-39)17-19-4-3-18(13-24(19)30(32,33)34)28(41)37-22-5-6-25(31)21(12-22)15-35-23-11-20-14-26(29(42)43-2)38-27(20)36-16-23/h3-6,11-14,16,35H,7-10,15,17H2,1-2H3,(H,36,38)(H,37,41). The van der Waals surface area contributed by atoms with Crippen LogP contribution in [0.4, 0.5) is 28.9 Å². The highest BCUT2D eigenvalue weighted by Gasteiger charge is 2.34. The number of alkyl halides is 3. The van der Waals surface area contributed by atoms with Gasteiger partial charge in [-0.3, -0.25) is 9.69 Å². The van der Waals surface area contributed by atoms with E-state index in [0.29, 0.717) is 29.8 Å². The van der Waals surface area contributed by atoms with Crippen molar-refractivity contribution in [3.05, 3.63) is 88.5 Å². The van der Waals surface area contributed by atoms with Crippen LogP contribution in [0, 0.1) is 5.82 Å². The van der Waals surface area contributed by atoms with Gasteiger partial charge in [0.1, 0.15) is 17.2 Å². The highest BCUT2D eigenvalue weighted by molar-refractivity contribution is 6.04. The number of carbonyl (C=O) groups excluding carboxylic acids is 2. The summed E-state index contributed by atoms with van der Waals surface area (Å²) in [6.07, 6.45) is -3.12. The molecular formula is C30H30F4N6O3. The second kappa shape index (κ2) is 12.4. The van der Waals surface area contributed by atoms with Crippen LogP contribution in [-0.4, -0.2) is 72.0 Å². The zero-order valence-corrected chi connectivity index (χ0v) is 23.5. The molecule has 9 nitrogen and oxygen atoms in total. The number of ether oxygens (including phenoxy) is 1. The molecule has 1 aliphatic rings. The zero-order chi connectivity index (χ0) is 30.7. The summed E-state index contributed by atoms with van der Waals surface area (Å²) in [6.45, 7) is 3.02. The number of aromatic nitrogens is 2. The van der Waals surface area contributed by atoms with Crippen molar-refractivity contribution in [3.8, 4) is 0 Å². The minimum Gasteiger partial charge on any atom is -0.464 e. The van der Waals surface area contributed by atoms with E-state index in [0.717, 1.165) is 19.2 Å². The summed E-state index contributed by atoms with van der Waals surface area (Å²) in [5.74, 6) is -1.82. The third kappa shape index (κ3) is 7.12. The Labute approximate surface area is 244 Å². The molecule has 4 aromatic rings. The van der Waals surface area contributed by atoms with Gasteiger partial charge in [0.2, 0.25) is 0 Å². The van der Waals surface area contributed by atoms with Gasteiger partial charge in [0.05, 0.1) is 24.6 Å². The molecule has 2 aromatic heterocycles. The van der Waals surface area contributed by atoms with Gasteiger partial charge in [-0.05, 0) is 55.1 Å². The van der Waals surface area contributed by atoms with Gasteiger partial charge in [-0.2, -0.15) is 13.2 Å². The molecule has 0 bridgehead atoms. The average Bonchev–Trinajstić information content (AvgIpc) is 3.41. The monoisotopic (exact) mass is 598 g/mol. The van der Waals surface area contributed by atoms with Crippen molar-refractivity contribution in [3.63, 3.8) is 0 Å². The molecule has 226 valence electrons. The van der Waals surface area contributed by atoms with Crippen LogP contribution in [0.25, 0.3) is 11.0 Å². The van der Waals surface area contributed by atoms with Crippen LogP contribution in [0.15, 0.2) is 54.7 Å². The van der Waals surface area contributed by atoms with Gasteiger partial charge in [0.25, 0.3) is 5.91 Å². The summed E-state index contributed by atoms with van der Waals surface area (Å²) >= 11 is 0. The predicted molar refractivity (Wildman–Crippen MR) is 153 cm³/mol. The lowest BCUT2D eigenvalue weighted by Crippen LogP contribution is -2.44. The number of H-pyrrole nitrogens is 1. The fraction of sp³-hybridized carbons (Fsp3) is 0.300. The number of benzene rings is 2. The lowest BCUT2D eigenvalue weighted by Gasteiger charge is -2.33. The van der Waals surface area contributed by atoms with E-state index < -0.39 is 29.4 Å². The van der Waals surface area contributed by atoms with E-state index in [1.54, 1.807) is 12.1 Å². The molecule has 2 aromatic carbocycles. The second-order valence-electron chi connectivity index (χ2n) is 10.4. The smallest absolute Gasteiger partial charge is 0.416 e. The van der Waals surface area contributed by atoms with Crippen LogP contribution in [0.1, 0.15) is 37.5 Å². The first-order valence-electron chi connectivity index (χ1n) is 13.5. The Bertz CT molecular complexity index is 1650. The molecule has 0 atom stereocenters. The summed E-state index contributed by atoms with van der Waals surface area (Å²) in [5.41, 5.74) is 0.795. The van der Waals surface area contributed by atoms with Gasteiger partial charge < -0.3 is 25.3 Å². The largest absolute Gasteiger partial charge is 0.464 e. The zero-order valence-electron chi connectivity index (χ0n) is 23.5. The van der Waals surface area contributed by atoms with Gasteiger partial charge in [0, 0.05) is 61.5 Å². The van der Waals surface area contributed by atoms with Crippen LogP contribution in [0.5, 0.6) is 0 Å². The first kappa shape index (κ1) is 30.0. The van der Waals surface area contributed by atoms with Crippen LogP contribution < -0.4 is 10.6 Å². The van der Waals surface area contributed by atoms with Gasteiger partial charge >= 0.3 is 12.1 Å². The minimum absolute atomic E-state index is 0.0240. The Morgan fingerprint density at radius 3 is 2.49 bits per heavy atom. The van der Waals surface area contributed by atoms with Crippen LogP contribution in [-0.2, 0) is 24.0 Å². The molecule has 1 aliphatic heterocycles. The molecule has 3 heterocycles. The third-order valence-electron chi connectivity index (χ3n) is 7.33. The molecule has 43 heavy (non-hydrogen) atoms. The Morgan fingerprint density at radius 1 is 1.00 bits per heavy atom. The maximum Gasteiger partial charge on any atom is 0.416 e. The fourth-order valence-corrected chi connectivity index (χ4v) is 4.89. The van der Waals surface area contributed by atoms with Crippen LogP contribution in [0.3, 0.4) is 0 Å². The quantitative estimate of drug-likeness (QED) is 0.191. The number of nitrogens with zero attached hydrogens (tertiary/aromatic N) is 3. The summed E-state index contributed by atoms with van der Waals surface area (Å²) in [7, 11) is 3.24. The molecule has 1 amide bonds. The number of esters is 1. The van der Waals surface area contributed by atoms with E-state index in [-0.39, 0.29) is 41.2 Å². The van der Waals surface area contributed by atoms with Crippen molar-refractivity contribution in [2.75, 3.05) is 51.0 Å². The minimum atomic E-state index is -4.63. The van der Waals surface area contributed by atoms with E-state index in [1.807, 2.05) is 11.9 Å². The molecular weight excluding hydrogens is 568 g/mol. The van der Waals surface area contributed by atoms with Crippen molar-refractivity contribution in [2.45, 2.75) is 19.3 Å². The van der Waals surface area contributed by atoms with Gasteiger partial charge in [-0.15, -0.1) is 0 Å². The number of anilines is 2. The van der Waals surface area contributed by atoms with E-state index in [1.165, 1.54) is 43.6 Å². The number of hydrogen-bond acceptors (Lipinski definition) is 7. The van der Waals surface area contributed by atoms with Crippen molar-refractivity contribution < 1.29 is 31.9 Å². The van der Waals surface area contributed by atoms with Crippen molar-refractivity contribution in [1.29, 1.82) is 0 Å². The lowest BCUT2D eigenvalue weighted by molar-refractivity contribution is -0.138. The number of nitrogens with one attached hydrogen (secondary N) is 3. The van der Waals surface area contributed by atoms with Crippen LogP contribution in [0.2, 0.25) is 0 Å². The van der Waals surface area contributed by atoms with Crippen molar-refractivity contribution in [2.24, 2.45) is 0 Å². The van der Waals surface area contributed by atoms with Gasteiger partial charge in [-0.25, -0.2) is 14.2 Å². The third-order valence-corrected chi connectivity index (χ3v) is 7.33. The van der Waals surface area contributed by atoms with Crippen LogP contribution >= 0.6 is 0 Å². The fourth-order valence-electron chi connectivity index (χ4n) is 4.89. The lowest BCUT2D eigenvalue weighted by atomic mass is 10.0. The van der Waals surface area contributed by atoms with E-state index in [4.69, 9.17) is 4.74 Å². The first-order chi connectivity index (χ1) is 20.5. The number of amides is 1. The second-order valence-corrected chi connectivity index (χ2v) is 10.4. The number of halogens is 4. The number of likely N-dealkylation sites (N-methyl/N-ethyl adjacent to an activating group) is 1. The SMILES string of the molecule is COC(=O)c1cc2cc(NCc3cc(NC(=O)c4ccc(CN5CCN(C)CC5)c(C(F)(F)F)c4)ccc3F)cnc2[nH]1. The Morgan fingerprint density at radius 2 is 1.77 bits per heavy atom. The van der Waals surface area contributed by atoms with Gasteiger partial charge in [0.15, 0.2) is 0 Å². The van der Waals surface area contributed by atoms with E-state index in [9.17, 15) is 27.2 Å². The number of rotatable bonds is 8. The molecule has 1 saturated heterocycles. The first-order valence-corrected chi connectivity index (χ1v) is 13.5. The predicted octanol–water partition coefficient (Wildman–Crippen LogP) is 5.12. The molecule has 0 unspecified atom stereocenters. The maximum absolute atomic E-state index is 14.6. The molecule has 5 rings (SSSR count). The topological polar surface area (TPSA) is 103 Å². The summed E-state index contributed by atoms with van der Waals surface area (Å²) in [6, 6.07) is 10.8. The molecule has 0 radical (unpaired) electrons. The Hall–Kier alpha value is -4.49. The molecule has 0 spiro atoms.